The molecular weight excluding hydrogens is 314 g/mol. The molecule has 1 N–H and O–H groups in total. The molecule has 1 aromatic heterocycles. The van der Waals surface area contributed by atoms with Crippen molar-refractivity contribution in [3.63, 3.8) is 0 Å². The number of hydrogen-bond acceptors (Lipinski definition) is 3. The Morgan fingerprint density at radius 3 is 3.22 bits per heavy atom. The first kappa shape index (κ1) is 14.6. The number of hydrogen-bond donors (Lipinski definition) is 1. The van der Waals surface area contributed by atoms with Gasteiger partial charge >= 0.3 is 0 Å². The molecule has 0 spiro atoms. The number of carbonyl (C=O) groups is 1. The Morgan fingerprint density at radius 1 is 1.48 bits per heavy atom. The summed E-state index contributed by atoms with van der Waals surface area (Å²) in [4.78, 5) is 17.0. The average molecular weight is 332 g/mol. The summed E-state index contributed by atoms with van der Waals surface area (Å²) in [7, 11) is 0. The number of amides is 1. The number of fused-ring (bicyclic) bond motifs is 2. The van der Waals surface area contributed by atoms with Gasteiger partial charge in [-0.2, -0.15) is 0 Å². The monoisotopic (exact) mass is 331 g/mol. The van der Waals surface area contributed by atoms with Gasteiger partial charge in [0.15, 0.2) is 6.10 Å². The standard InChI is InChI=1S/C17H18ClN3O2/c1-10-8-21-9-13(3-5-16(21)19-10)20-17(22)15-7-11-6-12(18)2-4-14(11)23-15/h2,4,6,8,13,15H,3,5,7,9H2,1H3,(H,20,22)/t13-,15-/m0/s1. The van der Waals surface area contributed by atoms with E-state index < -0.39 is 6.10 Å². The number of carbonyl (C=O) groups excluding carboxylic acids is 1. The Kier molecular flexibility index (Phi) is 3.53. The molecule has 0 unspecified atom stereocenters. The van der Waals surface area contributed by atoms with Gasteiger partial charge in [0.05, 0.1) is 5.69 Å². The minimum Gasteiger partial charge on any atom is -0.480 e. The maximum atomic E-state index is 12.5. The summed E-state index contributed by atoms with van der Waals surface area (Å²) in [6.45, 7) is 2.76. The lowest BCUT2D eigenvalue weighted by molar-refractivity contribution is -0.128. The summed E-state index contributed by atoms with van der Waals surface area (Å²) < 4.78 is 7.88. The van der Waals surface area contributed by atoms with Gasteiger partial charge < -0.3 is 14.6 Å². The number of imidazole rings is 1. The Bertz CT molecular complexity index is 771. The van der Waals surface area contributed by atoms with Crippen molar-refractivity contribution in [1.29, 1.82) is 0 Å². The highest BCUT2D eigenvalue weighted by Crippen LogP contribution is 2.31. The fraction of sp³-hybridized carbons (Fsp3) is 0.412. The van der Waals surface area contributed by atoms with Crippen molar-refractivity contribution in [3.05, 3.63) is 46.5 Å². The molecule has 2 atom stereocenters. The van der Waals surface area contributed by atoms with Crippen LogP contribution in [0.4, 0.5) is 0 Å². The van der Waals surface area contributed by atoms with Crippen molar-refractivity contribution in [2.45, 2.75) is 44.9 Å². The van der Waals surface area contributed by atoms with Crippen LogP contribution in [0.2, 0.25) is 5.02 Å². The van der Waals surface area contributed by atoms with Crippen molar-refractivity contribution in [2.24, 2.45) is 0 Å². The molecule has 0 radical (unpaired) electrons. The van der Waals surface area contributed by atoms with E-state index in [2.05, 4.69) is 14.9 Å². The van der Waals surface area contributed by atoms with Crippen LogP contribution in [0, 0.1) is 6.92 Å². The number of halogens is 1. The second-order valence-electron chi connectivity index (χ2n) is 6.26. The highest BCUT2D eigenvalue weighted by Gasteiger charge is 2.31. The molecule has 0 saturated heterocycles. The molecule has 1 aromatic carbocycles. The number of aromatic nitrogens is 2. The first-order valence-electron chi connectivity index (χ1n) is 7.86. The molecule has 4 rings (SSSR count). The van der Waals surface area contributed by atoms with Gasteiger partial charge in [-0.1, -0.05) is 11.6 Å². The first-order valence-corrected chi connectivity index (χ1v) is 8.24. The SMILES string of the molecule is Cc1cn2c(n1)CC[C@H](NC(=O)[C@@H]1Cc3cc(Cl)ccc3O1)C2. The van der Waals surface area contributed by atoms with Crippen LogP contribution < -0.4 is 10.1 Å². The summed E-state index contributed by atoms with van der Waals surface area (Å²) in [6, 6.07) is 5.60. The number of rotatable bonds is 2. The Balaban J connectivity index is 1.40. The molecule has 0 fully saturated rings. The highest BCUT2D eigenvalue weighted by atomic mass is 35.5. The van der Waals surface area contributed by atoms with E-state index in [0.29, 0.717) is 11.4 Å². The number of ether oxygens (including phenoxy) is 1. The van der Waals surface area contributed by atoms with Gasteiger partial charge in [-0.15, -0.1) is 0 Å². The van der Waals surface area contributed by atoms with E-state index in [9.17, 15) is 4.79 Å². The predicted octanol–water partition coefficient (Wildman–Crippen LogP) is 2.28. The molecule has 2 aliphatic rings. The molecule has 0 aliphatic carbocycles. The van der Waals surface area contributed by atoms with Crippen molar-refractivity contribution in [2.75, 3.05) is 0 Å². The van der Waals surface area contributed by atoms with Crippen LogP contribution in [-0.4, -0.2) is 27.6 Å². The van der Waals surface area contributed by atoms with Gasteiger partial charge in [0, 0.05) is 36.6 Å². The van der Waals surface area contributed by atoms with E-state index in [1.54, 1.807) is 6.07 Å². The minimum atomic E-state index is -0.464. The summed E-state index contributed by atoms with van der Waals surface area (Å²) >= 11 is 5.99. The third-order valence-electron chi connectivity index (χ3n) is 4.45. The van der Waals surface area contributed by atoms with E-state index in [-0.39, 0.29) is 11.9 Å². The Morgan fingerprint density at radius 2 is 2.35 bits per heavy atom. The van der Waals surface area contributed by atoms with Crippen molar-refractivity contribution >= 4 is 17.5 Å². The third-order valence-corrected chi connectivity index (χ3v) is 4.68. The number of aryl methyl sites for hydroxylation is 2. The molecule has 0 bridgehead atoms. The molecule has 2 aliphatic heterocycles. The molecule has 3 heterocycles. The Labute approximate surface area is 139 Å². The van der Waals surface area contributed by atoms with E-state index >= 15 is 0 Å². The summed E-state index contributed by atoms with van der Waals surface area (Å²) in [5.41, 5.74) is 2.02. The van der Waals surface area contributed by atoms with Gasteiger partial charge in [0.2, 0.25) is 0 Å². The molecule has 1 amide bonds. The molecular formula is C17H18ClN3O2. The lowest BCUT2D eigenvalue weighted by Crippen LogP contribution is -2.46. The number of benzene rings is 1. The fourth-order valence-corrected chi connectivity index (χ4v) is 3.56. The highest BCUT2D eigenvalue weighted by molar-refractivity contribution is 6.30. The lowest BCUT2D eigenvalue weighted by atomic mass is 10.1. The fourth-order valence-electron chi connectivity index (χ4n) is 3.36. The van der Waals surface area contributed by atoms with E-state index in [1.165, 1.54) is 0 Å². The first-order chi connectivity index (χ1) is 11.1. The van der Waals surface area contributed by atoms with Gasteiger partial charge in [0.25, 0.3) is 5.91 Å². The zero-order valence-corrected chi connectivity index (χ0v) is 13.6. The van der Waals surface area contributed by atoms with Gasteiger partial charge in [0.1, 0.15) is 11.6 Å². The summed E-state index contributed by atoms with van der Waals surface area (Å²) in [5, 5.41) is 3.78. The molecule has 120 valence electrons. The van der Waals surface area contributed by atoms with Crippen LogP contribution in [0.3, 0.4) is 0 Å². The molecule has 0 saturated carbocycles. The third kappa shape index (κ3) is 2.81. The normalized spacial score (nSPS) is 22.2. The Hall–Kier alpha value is -2.01. The van der Waals surface area contributed by atoms with Crippen molar-refractivity contribution in [1.82, 2.24) is 14.9 Å². The van der Waals surface area contributed by atoms with Gasteiger partial charge in [-0.3, -0.25) is 4.79 Å². The predicted molar refractivity (Wildman–Crippen MR) is 86.8 cm³/mol. The smallest absolute Gasteiger partial charge is 0.261 e. The van der Waals surface area contributed by atoms with Crippen LogP contribution >= 0.6 is 11.6 Å². The van der Waals surface area contributed by atoms with Crippen LogP contribution in [0.15, 0.2) is 24.4 Å². The second-order valence-corrected chi connectivity index (χ2v) is 6.69. The minimum absolute atomic E-state index is 0.0531. The molecule has 5 nitrogen and oxygen atoms in total. The maximum Gasteiger partial charge on any atom is 0.261 e. The van der Waals surface area contributed by atoms with E-state index in [4.69, 9.17) is 16.3 Å². The van der Waals surface area contributed by atoms with Crippen molar-refractivity contribution < 1.29 is 9.53 Å². The lowest BCUT2D eigenvalue weighted by Gasteiger charge is -2.25. The van der Waals surface area contributed by atoms with Crippen LogP contribution in [-0.2, 0) is 24.2 Å². The largest absolute Gasteiger partial charge is 0.480 e. The zero-order chi connectivity index (χ0) is 16.0. The summed E-state index contributed by atoms with van der Waals surface area (Å²) in [5.74, 6) is 1.81. The quantitative estimate of drug-likeness (QED) is 0.918. The van der Waals surface area contributed by atoms with Crippen LogP contribution in [0.1, 0.15) is 23.5 Å². The summed E-state index contributed by atoms with van der Waals surface area (Å²) in [6.07, 6.45) is 3.95. The molecule has 2 aromatic rings. The second kappa shape index (κ2) is 5.57. The van der Waals surface area contributed by atoms with Crippen LogP contribution in [0.25, 0.3) is 0 Å². The average Bonchev–Trinajstić information content (AvgIpc) is 3.08. The van der Waals surface area contributed by atoms with Crippen LogP contribution in [0.5, 0.6) is 5.75 Å². The zero-order valence-electron chi connectivity index (χ0n) is 12.9. The number of nitrogens with one attached hydrogen (secondary N) is 1. The number of nitrogens with zero attached hydrogens (tertiary/aromatic N) is 2. The maximum absolute atomic E-state index is 12.5. The van der Waals surface area contributed by atoms with E-state index in [0.717, 1.165) is 42.2 Å². The van der Waals surface area contributed by atoms with Crippen molar-refractivity contribution in [3.8, 4) is 5.75 Å². The topological polar surface area (TPSA) is 56.2 Å². The molecule has 6 heteroatoms. The molecule has 23 heavy (non-hydrogen) atoms. The van der Waals surface area contributed by atoms with Gasteiger partial charge in [-0.05, 0) is 37.1 Å². The van der Waals surface area contributed by atoms with Gasteiger partial charge in [-0.25, -0.2) is 4.98 Å². The van der Waals surface area contributed by atoms with E-state index in [1.807, 2.05) is 25.3 Å².